The molecule has 1 aromatic carbocycles. The van der Waals surface area contributed by atoms with Crippen LogP contribution in [-0.2, 0) is 16.9 Å². The van der Waals surface area contributed by atoms with Crippen LogP contribution in [0.15, 0.2) is 66.1 Å². The fourth-order valence-corrected chi connectivity index (χ4v) is 4.35. The maximum absolute atomic E-state index is 13.2. The Morgan fingerprint density at radius 3 is 2.55 bits per heavy atom. The number of nitrogens with zero attached hydrogens (tertiary/aromatic N) is 7. The molecular weight excluding hydrogens is 484 g/mol. The van der Waals surface area contributed by atoms with Gasteiger partial charge in [-0.1, -0.05) is 12.1 Å². The van der Waals surface area contributed by atoms with Crippen LogP contribution in [0.2, 0.25) is 0 Å². The van der Waals surface area contributed by atoms with E-state index in [1.54, 1.807) is 47.7 Å². The molecule has 1 aliphatic rings. The lowest BCUT2D eigenvalue weighted by Crippen LogP contribution is -2.48. The monoisotopic (exact) mass is 514 g/mol. The van der Waals surface area contributed by atoms with Gasteiger partial charge in [0, 0.05) is 37.7 Å². The van der Waals surface area contributed by atoms with E-state index in [0.717, 1.165) is 17.9 Å². The number of aromatic nitrogens is 5. The van der Waals surface area contributed by atoms with E-state index in [1.165, 1.54) is 10.9 Å². The van der Waals surface area contributed by atoms with Gasteiger partial charge < -0.3 is 20.2 Å². The second-order valence-electron chi connectivity index (χ2n) is 9.77. The number of benzene rings is 1. The molecule has 0 atom stereocenters. The van der Waals surface area contributed by atoms with Gasteiger partial charge in [-0.3, -0.25) is 9.59 Å². The van der Waals surface area contributed by atoms with Crippen molar-refractivity contribution in [3.8, 4) is 5.82 Å². The van der Waals surface area contributed by atoms with Crippen molar-refractivity contribution >= 4 is 34.3 Å². The van der Waals surface area contributed by atoms with Crippen molar-refractivity contribution in [2.45, 2.75) is 26.0 Å². The zero-order chi connectivity index (χ0) is 27.0. The lowest BCUT2D eigenvalue weighted by atomic mass is 10.1. The molecular formula is C27H30N8O3. The zero-order valence-corrected chi connectivity index (χ0v) is 21.6. The van der Waals surface area contributed by atoms with Crippen LogP contribution in [0, 0.1) is 0 Å². The van der Waals surface area contributed by atoms with Crippen molar-refractivity contribution < 1.29 is 9.90 Å². The lowest BCUT2D eigenvalue weighted by Gasteiger charge is -2.33. The van der Waals surface area contributed by atoms with E-state index in [1.807, 2.05) is 36.2 Å². The van der Waals surface area contributed by atoms with Crippen molar-refractivity contribution in [1.82, 2.24) is 29.2 Å². The summed E-state index contributed by atoms with van der Waals surface area (Å²) in [6, 6.07) is 13.0. The molecule has 0 spiro atoms. The van der Waals surface area contributed by atoms with Crippen molar-refractivity contribution in [3.05, 3.63) is 77.4 Å². The van der Waals surface area contributed by atoms with E-state index in [2.05, 4.69) is 26.8 Å². The first kappa shape index (κ1) is 25.2. The Labute approximate surface area is 219 Å². The second-order valence-corrected chi connectivity index (χ2v) is 9.77. The third-order valence-corrected chi connectivity index (χ3v) is 6.50. The van der Waals surface area contributed by atoms with Crippen LogP contribution in [0.1, 0.15) is 19.5 Å². The van der Waals surface area contributed by atoms with Crippen LogP contribution in [0.5, 0.6) is 0 Å². The third kappa shape index (κ3) is 4.75. The lowest BCUT2D eigenvalue weighted by molar-refractivity contribution is -0.129. The largest absolute Gasteiger partial charge is 0.384 e. The van der Waals surface area contributed by atoms with E-state index in [4.69, 9.17) is 0 Å². The van der Waals surface area contributed by atoms with Gasteiger partial charge in [0.05, 0.1) is 18.8 Å². The first-order valence-electron chi connectivity index (χ1n) is 12.3. The smallest absolute Gasteiger partial charge is 0.278 e. The molecule has 3 aromatic heterocycles. The molecule has 0 unspecified atom stereocenters. The number of pyridine rings is 1. The molecule has 0 saturated carbocycles. The number of fused-ring (bicyclic) bond motifs is 1. The fraction of sp³-hybridized carbons (Fsp3) is 0.296. The van der Waals surface area contributed by atoms with Gasteiger partial charge in [-0.15, -0.1) is 6.58 Å². The van der Waals surface area contributed by atoms with E-state index < -0.39 is 5.60 Å². The molecule has 2 N–H and O–H groups in total. The number of rotatable bonds is 7. The minimum absolute atomic E-state index is 0.0946. The van der Waals surface area contributed by atoms with E-state index in [-0.39, 0.29) is 18.0 Å². The minimum Gasteiger partial charge on any atom is -0.384 e. The van der Waals surface area contributed by atoms with Gasteiger partial charge in [-0.05, 0) is 50.2 Å². The number of piperazine rings is 1. The van der Waals surface area contributed by atoms with Crippen LogP contribution >= 0.6 is 0 Å². The Balaban J connectivity index is 1.49. The van der Waals surface area contributed by atoms with Crippen LogP contribution in [0.25, 0.3) is 16.9 Å². The molecule has 0 aliphatic carbocycles. The van der Waals surface area contributed by atoms with E-state index in [9.17, 15) is 14.7 Å². The zero-order valence-electron chi connectivity index (χ0n) is 21.6. The summed E-state index contributed by atoms with van der Waals surface area (Å²) in [4.78, 5) is 42.6. The number of anilines is 3. The molecule has 196 valence electrons. The standard InChI is InChI=1S/C27H30N8O3/c1-5-13-34-25(37)20-16-28-26(31-24(20)35(34)22-8-6-7-21(30-22)27(2,3)38)29-18-9-11-19(12-10-18)33-15-14-32(4)23(36)17-33/h5-12,16,38H,1,13-15,17H2,2-4H3,(H,28,29,31). The molecule has 0 bridgehead atoms. The van der Waals surface area contributed by atoms with Gasteiger partial charge in [0.1, 0.15) is 11.0 Å². The predicted molar refractivity (Wildman–Crippen MR) is 146 cm³/mol. The summed E-state index contributed by atoms with van der Waals surface area (Å²) in [5, 5.41) is 14.0. The van der Waals surface area contributed by atoms with Gasteiger partial charge in [-0.2, -0.15) is 4.98 Å². The molecule has 1 aliphatic heterocycles. The summed E-state index contributed by atoms with van der Waals surface area (Å²) in [7, 11) is 1.81. The van der Waals surface area contributed by atoms with Gasteiger partial charge in [0.15, 0.2) is 11.5 Å². The van der Waals surface area contributed by atoms with Gasteiger partial charge in [-0.25, -0.2) is 19.3 Å². The average molecular weight is 515 g/mol. The Hall–Kier alpha value is -4.51. The minimum atomic E-state index is -1.16. The van der Waals surface area contributed by atoms with Crippen LogP contribution < -0.4 is 15.8 Å². The van der Waals surface area contributed by atoms with Crippen LogP contribution in [0.3, 0.4) is 0 Å². The first-order valence-corrected chi connectivity index (χ1v) is 12.3. The van der Waals surface area contributed by atoms with E-state index >= 15 is 0 Å². The number of allylic oxidation sites excluding steroid dienone is 1. The molecule has 1 fully saturated rings. The van der Waals surface area contributed by atoms with E-state index in [0.29, 0.717) is 41.6 Å². The number of carbonyl (C=O) groups excluding carboxylic acids is 1. The summed E-state index contributed by atoms with van der Waals surface area (Å²) in [6.07, 6.45) is 3.12. The number of amides is 1. The summed E-state index contributed by atoms with van der Waals surface area (Å²) < 4.78 is 3.10. The molecule has 5 rings (SSSR count). The molecule has 0 radical (unpaired) electrons. The Morgan fingerprint density at radius 1 is 1.11 bits per heavy atom. The number of hydrogen-bond donors (Lipinski definition) is 2. The highest BCUT2D eigenvalue weighted by molar-refractivity contribution is 5.83. The summed E-state index contributed by atoms with van der Waals surface area (Å²) in [5.74, 6) is 0.842. The van der Waals surface area contributed by atoms with Crippen LogP contribution in [-0.4, -0.2) is 66.9 Å². The van der Waals surface area contributed by atoms with Gasteiger partial charge in [0.25, 0.3) is 5.56 Å². The van der Waals surface area contributed by atoms with Crippen molar-refractivity contribution in [3.63, 3.8) is 0 Å². The Morgan fingerprint density at radius 2 is 1.87 bits per heavy atom. The Bertz CT molecular complexity index is 1570. The topological polar surface area (TPSA) is 121 Å². The maximum Gasteiger partial charge on any atom is 0.278 e. The highest BCUT2D eigenvalue weighted by Crippen LogP contribution is 2.24. The molecule has 1 amide bonds. The van der Waals surface area contributed by atoms with Gasteiger partial charge in [0.2, 0.25) is 11.9 Å². The highest BCUT2D eigenvalue weighted by atomic mass is 16.3. The summed E-state index contributed by atoms with van der Waals surface area (Å²) >= 11 is 0. The number of nitrogens with one attached hydrogen (secondary N) is 1. The second kappa shape index (κ2) is 9.75. The van der Waals surface area contributed by atoms with Crippen molar-refractivity contribution in [2.75, 3.05) is 36.9 Å². The molecule has 38 heavy (non-hydrogen) atoms. The fourth-order valence-electron chi connectivity index (χ4n) is 4.35. The first-order chi connectivity index (χ1) is 18.2. The van der Waals surface area contributed by atoms with Gasteiger partial charge >= 0.3 is 0 Å². The molecule has 4 aromatic rings. The molecule has 1 saturated heterocycles. The Kier molecular flexibility index (Phi) is 6.45. The van der Waals surface area contributed by atoms with Crippen molar-refractivity contribution in [1.29, 1.82) is 0 Å². The molecule has 11 heteroatoms. The number of hydrogen-bond acceptors (Lipinski definition) is 8. The number of carbonyl (C=O) groups is 1. The third-order valence-electron chi connectivity index (χ3n) is 6.50. The summed E-state index contributed by atoms with van der Waals surface area (Å²) in [5.41, 5.74) is 1.13. The summed E-state index contributed by atoms with van der Waals surface area (Å²) in [6.45, 7) is 9.14. The highest BCUT2D eigenvalue weighted by Gasteiger charge is 2.23. The SMILES string of the molecule is C=CCn1c(=O)c2cnc(Nc3ccc(N4CCN(C)C(=O)C4)cc3)nc2n1-c1cccc(C(C)(C)O)n1. The number of likely N-dealkylation sites (N-methyl/N-ethyl adjacent to an activating group) is 1. The predicted octanol–water partition coefficient (Wildman–Crippen LogP) is 2.41. The normalized spacial score (nSPS) is 14.3. The van der Waals surface area contributed by atoms with Crippen LogP contribution in [0.4, 0.5) is 17.3 Å². The average Bonchev–Trinajstić information content (AvgIpc) is 3.16. The maximum atomic E-state index is 13.2. The number of aliphatic hydroxyl groups is 1. The van der Waals surface area contributed by atoms with Crippen molar-refractivity contribution in [2.24, 2.45) is 0 Å². The quantitative estimate of drug-likeness (QED) is 0.361. The molecule has 11 nitrogen and oxygen atoms in total. The molecule has 4 heterocycles.